The summed E-state index contributed by atoms with van der Waals surface area (Å²) < 4.78 is 19.0. The van der Waals surface area contributed by atoms with Crippen molar-refractivity contribution in [3.8, 4) is 28.4 Å². The number of carbonyl (C=O) groups is 2. The molecule has 0 bridgehead atoms. The molecule has 1 heterocycles. The monoisotopic (exact) mass is 599 g/mol. The Balaban J connectivity index is 1.37. The highest BCUT2D eigenvalue weighted by Crippen LogP contribution is 2.50. The lowest BCUT2D eigenvalue weighted by Crippen LogP contribution is -2.26. The van der Waals surface area contributed by atoms with Crippen molar-refractivity contribution in [1.82, 2.24) is 14.9 Å². The lowest BCUT2D eigenvalue weighted by molar-refractivity contribution is -0.119. The molecular weight excluding hydrogens is 562 g/mol. The van der Waals surface area contributed by atoms with Gasteiger partial charge < -0.3 is 34.7 Å². The molecule has 3 aromatic carbocycles. The van der Waals surface area contributed by atoms with Crippen molar-refractivity contribution >= 4 is 34.2 Å². The first-order valence-corrected chi connectivity index (χ1v) is 14.5. The number of amides is 2. The van der Waals surface area contributed by atoms with E-state index in [4.69, 9.17) is 14.2 Å². The van der Waals surface area contributed by atoms with Crippen LogP contribution in [0.5, 0.6) is 17.2 Å². The first-order chi connectivity index (χ1) is 21.2. The van der Waals surface area contributed by atoms with Crippen LogP contribution >= 0.6 is 0 Å². The van der Waals surface area contributed by atoms with Gasteiger partial charge in [0.25, 0.3) is 0 Å². The van der Waals surface area contributed by atoms with Gasteiger partial charge in [0.05, 0.1) is 50.4 Å². The summed E-state index contributed by atoms with van der Waals surface area (Å²) >= 11 is 0. The molecule has 0 saturated heterocycles. The van der Waals surface area contributed by atoms with Crippen LogP contribution in [0.4, 0.5) is 11.4 Å². The molecule has 11 nitrogen and oxygen atoms in total. The standard InChI is InChI=1S/C33H37N5O6/c1-19(39)36-24-11-8-20-15-29(42-3)32(43-4)33(44-5)31(20)22-10-12-25(28(40)17-23(22)24)34-14-6-7-30(41)37-21-9-13-27-26(16-21)35-18-38(27)2/h9-10,12-13,15-18,24H,6-8,11,14H2,1-5H3,(H,34,40)(H,36,39)(H,37,41)/t24-/m0/s1. The van der Waals surface area contributed by atoms with E-state index in [0.29, 0.717) is 60.0 Å². The van der Waals surface area contributed by atoms with Crippen molar-refractivity contribution in [3.05, 3.63) is 70.1 Å². The van der Waals surface area contributed by atoms with Crippen LogP contribution in [0.15, 0.2) is 53.6 Å². The minimum atomic E-state index is -0.390. The van der Waals surface area contributed by atoms with Crippen LogP contribution in [0.25, 0.3) is 22.2 Å². The maximum Gasteiger partial charge on any atom is 0.224 e. The topological polar surface area (TPSA) is 133 Å². The van der Waals surface area contributed by atoms with E-state index in [9.17, 15) is 14.4 Å². The second-order valence-electron chi connectivity index (χ2n) is 10.7. The fraction of sp³-hybridized carbons (Fsp3) is 0.333. The number of rotatable bonds is 10. The number of carbonyl (C=O) groups excluding carboxylic acids is 2. The molecule has 2 amide bonds. The summed E-state index contributed by atoms with van der Waals surface area (Å²) in [4.78, 5) is 42.6. The SMILES string of the molecule is COc1cc2c(c(OC)c1OC)-c1ccc(NCCCC(=O)Nc3ccc4c(c3)ncn4C)c(=O)cc1[C@@H](NC(C)=O)CC2. The van der Waals surface area contributed by atoms with Crippen molar-refractivity contribution in [2.75, 3.05) is 38.5 Å². The average Bonchev–Trinajstić information content (AvgIpc) is 3.21. The number of nitrogens with one attached hydrogen (secondary N) is 3. The van der Waals surface area contributed by atoms with Gasteiger partial charge in [0.15, 0.2) is 11.5 Å². The average molecular weight is 600 g/mol. The predicted octanol–water partition coefficient (Wildman–Crippen LogP) is 4.58. The molecule has 44 heavy (non-hydrogen) atoms. The zero-order valence-corrected chi connectivity index (χ0v) is 25.6. The Bertz CT molecular complexity index is 1780. The molecule has 0 radical (unpaired) electrons. The van der Waals surface area contributed by atoms with E-state index in [2.05, 4.69) is 20.9 Å². The van der Waals surface area contributed by atoms with Gasteiger partial charge in [-0.2, -0.15) is 0 Å². The van der Waals surface area contributed by atoms with E-state index in [1.54, 1.807) is 39.8 Å². The minimum absolute atomic E-state index is 0.124. The van der Waals surface area contributed by atoms with Gasteiger partial charge in [-0.25, -0.2) is 4.98 Å². The summed E-state index contributed by atoms with van der Waals surface area (Å²) in [6.45, 7) is 1.88. The highest BCUT2D eigenvalue weighted by Gasteiger charge is 2.29. The van der Waals surface area contributed by atoms with Crippen molar-refractivity contribution in [1.29, 1.82) is 0 Å². The molecule has 5 rings (SSSR count). The fourth-order valence-corrected chi connectivity index (χ4v) is 5.76. The molecule has 1 aliphatic carbocycles. The molecule has 0 saturated carbocycles. The zero-order chi connectivity index (χ0) is 31.4. The quantitative estimate of drug-likeness (QED) is 0.226. The lowest BCUT2D eigenvalue weighted by atomic mass is 9.95. The van der Waals surface area contributed by atoms with Crippen molar-refractivity contribution in [2.45, 2.75) is 38.6 Å². The maximum absolute atomic E-state index is 13.5. The van der Waals surface area contributed by atoms with Gasteiger partial charge >= 0.3 is 0 Å². The van der Waals surface area contributed by atoms with Crippen LogP contribution in [0.2, 0.25) is 0 Å². The molecule has 1 atom stereocenters. The predicted molar refractivity (Wildman–Crippen MR) is 170 cm³/mol. The van der Waals surface area contributed by atoms with Crippen molar-refractivity contribution < 1.29 is 23.8 Å². The van der Waals surface area contributed by atoms with Gasteiger partial charge in [-0.1, -0.05) is 6.07 Å². The molecule has 3 N–H and O–H groups in total. The smallest absolute Gasteiger partial charge is 0.224 e. The highest BCUT2D eigenvalue weighted by atomic mass is 16.5. The van der Waals surface area contributed by atoms with E-state index in [0.717, 1.165) is 27.7 Å². The van der Waals surface area contributed by atoms with E-state index < -0.39 is 6.04 Å². The second-order valence-corrected chi connectivity index (χ2v) is 10.7. The number of ether oxygens (including phenoxy) is 3. The fourth-order valence-electron chi connectivity index (χ4n) is 5.76. The van der Waals surface area contributed by atoms with E-state index >= 15 is 0 Å². The summed E-state index contributed by atoms with van der Waals surface area (Å²) in [5.74, 6) is 1.16. The molecule has 11 heteroatoms. The molecule has 4 aromatic rings. The van der Waals surface area contributed by atoms with Crippen LogP contribution < -0.4 is 35.6 Å². The van der Waals surface area contributed by atoms with Gasteiger partial charge in [-0.15, -0.1) is 0 Å². The summed E-state index contributed by atoms with van der Waals surface area (Å²) in [6, 6.07) is 12.3. The van der Waals surface area contributed by atoms with Crippen LogP contribution in [-0.4, -0.2) is 49.2 Å². The van der Waals surface area contributed by atoms with E-state index in [1.807, 2.05) is 41.9 Å². The summed E-state index contributed by atoms with van der Waals surface area (Å²) in [5, 5.41) is 9.13. The first kappa shape index (κ1) is 30.4. The van der Waals surface area contributed by atoms with Gasteiger partial charge in [0.2, 0.25) is 23.0 Å². The molecule has 0 aliphatic heterocycles. The van der Waals surface area contributed by atoms with E-state index in [-0.39, 0.29) is 23.7 Å². The van der Waals surface area contributed by atoms with Crippen molar-refractivity contribution in [3.63, 3.8) is 0 Å². The third-order valence-corrected chi connectivity index (χ3v) is 7.82. The van der Waals surface area contributed by atoms with Crippen molar-refractivity contribution in [2.24, 2.45) is 7.05 Å². The number of aryl methyl sites for hydroxylation is 2. The summed E-state index contributed by atoms with van der Waals surface area (Å²) in [6.07, 6.45) is 3.71. The second kappa shape index (κ2) is 13.1. The Morgan fingerprint density at radius 1 is 1.02 bits per heavy atom. The number of hydrogen-bond donors (Lipinski definition) is 3. The minimum Gasteiger partial charge on any atom is -0.493 e. The first-order valence-electron chi connectivity index (χ1n) is 14.5. The normalized spacial score (nSPS) is 13.7. The van der Waals surface area contributed by atoms with Gasteiger partial charge in [0, 0.05) is 38.2 Å². The van der Waals surface area contributed by atoms with Gasteiger partial charge in [-0.05, 0) is 72.4 Å². The number of aromatic nitrogens is 2. The summed E-state index contributed by atoms with van der Waals surface area (Å²) in [5.41, 5.74) is 5.83. The zero-order valence-electron chi connectivity index (χ0n) is 25.6. The lowest BCUT2D eigenvalue weighted by Gasteiger charge is -2.19. The largest absolute Gasteiger partial charge is 0.493 e. The molecular formula is C33H37N5O6. The highest BCUT2D eigenvalue weighted by molar-refractivity contribution is 5.93. The van der Waals surface area contributed by atoms with Crippen LogP contribution in [0, 0.1) is 0 Å². The third kappa shape index (κ3) is 6.17. The number of nitrogens with zero attached hydrogens (tertiary/aromatic N) is 2. The summed E-state index contributed by atoms with van der Waals surface area (Å²) in [7, 11) is 6.60. The number of fused-ring (bicyclic) bond motifs is 4. The number of methoxy groups -OCH3 is 3. The molecule has 0 fully saturated rings. The number of benzene rings is 2. The Morgan fingerprint density at radius 3 is 2.55 bits per heavy atom. The Labute approximate surface area is 255 Å². The van der Waals surface area contributed by atoms with Crippen LogP contribution in [-0.2, 0) is 23.1 Å². The molecule has 1 aliphatic rings. The number of anilines is 2. The van der Waals surface area contributed by atoms with Gasteiger partial charge in [-0.3, -0.25) is 14.4 Å². The van der Waals surface area contributed by atoms with E-state index in [1.165, 1.54) is 6.92 Å². The Hall–Kier alpha value is -5.06. The Kier molecular flexibility index (Phi) is 9.03. The third-order valence-electron chi connectivity index (χ3n) is 7.82. The van der Waals surface area contributed by atoms with Crippen LogP contribution in [0.1, 0.15) is 43.4 Å². The van der Waals surface area contributed by atoms with Crippen LogP contribution in [0.3, 0.4) is 0 Å². The molecule has 1 aromatic heterocycles. The molecule has 0 unspecified atom stereocenters. The molecule has 230 valence electrons. The van der Waals surface area contributed by atoms with Gasteiger partial charge in [0.1, 0.15) is 0 Å². The molecule has 0 spiro atoms. The number of imidazole rings is 1. The maximum atomic E-state index is 13.5. The Morgan fingerprint density at radius 2 is 1.82 bits per heavy atom. The number of hydrogen-bond acceptors (Lipinski definition) is 8.